The Morgan fingerprint density at radius 1 is 1.00 bits per heavy atom. The second kappa shape index (κ2) is 6.77. The number of amides is 2. The Balaban J connectivity index is 1.78. The van der Waals surface area contributed by atoms with Gasteiger partial charge in [0, 0.05) is 44.6 Å². The molecule has 21 heavy (non-hydrogen) atoms. The van der Waals surface area contributed by atoms with E-state index in [0.29, 0.717) is 44.9 Å². The van der Waals surface area contributed by atoms with E-state index in [0.717, 1.165) is 25.7 Å². The van der Waals surface area contributed by atoms with Crippen LogP contribution in [0.2, 0.25) is 0 Å². The lowest BCUT2D eigenvalue weighted by Gasteiger charge is -2.36. The molecule has 2 fully saturated rings. The van der Waals surface area contributed by atoms with Crippen molar-refractivity contribution >= 4 is 11.8 Å². The summed E-state index contributed by atoms with van der Waals surface area (Å²) in [7, 11) is 0. The molecule has 120 valence electrons. The van der Waals surface area contributed by atoms with E-state index in [1.807, 2.05) is 9.80 Å². The SMILES string of the molecule is CC(C)CC(=O)N1CCN(C(=O)CC2(N)CCCC2)CC1. The van der Waals surface area contributed by atoms with E-state index in [4.69, 9.17) is 5.73 Å². The highest BCUT2D eigenvalue weighted by Crippen LogP contribution is 2.30. The van der Waals surface area contributed by atoms with Gasteiger partial charge in [-0.25, -0.2) is 0 Å². The van der Waals surface area contributed by atoms with Crippen LogP contribution in [0.15, 0.2) is 0 Å². The number of nitrogens with two attached hydrogens (primary N) is 1. The van der Waals surface area contributed by atoms with Crippen LogP contribution in [-0.4, -0.2) is 53.3 Å². The van der Waals surface area contributed by atoms with Gasteiger partial charge in [0.15, 0.2) is 0 Å². The first-order valence-corrected chi connectivity index (χ1v) is 8.24. The van der Waals surface area contributed by atoms with Crippen molar-refractivity contribution in [1.29, 1.82) is 0 Å². The lowest BCUT2D eigenvalue weighted by molar-refractivity contribution is -0.140. The Bertz CT molecular complexity index is 381. The smallest absolute Gasteiger partial charge is 0.224 e. The minimum Gasteiger partial charge on any atom is -0.339 e. The summed E-state index contributed by atoms with van der Waals surface area (Å²) < 4.78 is 0. The summed E-state index contributed by atoms with van der Waals surface area (Å²) in [4.78, 5) is 28.1. The quantitative estimate of drug-likeness (QED) is 0.851. The molecule has 1 aliphatic heterocycles. The topological polar surface area (TPSA) is 66.6 Å². The third-order valence-corrected chi connectivity index (χ3v) is 4.67. The van der Waals surface area contributed by atoms with Crippen LogP contribution in [0.4, 0.5) is 0 Å². The van der Waals surface area contributed by atoms with Gasteiger partial charge in [-0.3, -0.25) is 9.59 Å². The highest BCUT2D eigenvalue weighted by molar-refractivity contribution is 5.79. The molecule has 2 N–H and O–H groups in total. The molecule has 1 aliphatic carbocycles. The van der Waals surface area contributed by atoms with Gasteiger partial charge in [0.25, 0.3) is 0 Å². The van der Waals surface area contributed by atoms with E-state index in [-0.39, 0.29) is 17.4 Å². The molecule has 0 spiro atoms. The number of nitrogens with zero attached hydrogens (tertiary/aromatic N) is 2. The van der Waals surface area contributed by atoms with Gasteiger partial charge in [0.05, 0.1) is 0 Å². The number of hydrogen-bond donors (Lipinski definition) is 1. The molecule has 1 heterocycles. The van der Waals surface area contributed by atoms with Crippen LogP contribution in [-0.2, 0) is 9.59 Å². The first-order chi connectivity index (χ1) is 9.89. The van der Waals surface area contributed by atoms with Crippen LogP contribution in [0.3, 0.4) is 0 Å². The molecule has 0 radical (unpaired) electrons. The maximum Gasteiger partial charge on any atom is 0.224 e. The van der Waals surface area contributed by atoms with Crippen LogP contribution in [0.5, 0.6) is 0 Å². The maximum atomic E-state index is 12.4. The molecular weight excluding hydrogens is 266 g/mol. The van der Waals surface area contributed by atoms with Crippen molar-refractivity contribution in [3.8, 4) is 0 Å². The summed E-state index contributed by atoms with van der Waals surface area (Å²) in [5.41, 5.74) is 6.01. The van der Waals surface area contributed by atoms with E-state index in [1.54, 1.807) is 0 Å². The standard InChI is InChI=1S/C16H29N3O2/c1-13(2)11-14(20)18-7-9-19(10-8-18)15(21)12-16(17)5-3-4-6-16/h13H,3-12,17H2,1-2H3. The van der Waals surface area contributed by atoms with Gasteiger partial charge >= 0.3 is 0 Å². The van der Waals surface area contributed by atoms with E-state index >= 15 is 0 Å². The molecular formula is C16H29N3O2. The molecule has 2 amide bonds. The molecule has 5 heteroatoms. The molecule has 0 unspecified atom stereocenters. The van der Waals surface area contributed by atoms with Crippen LogP contribution >= 0.6 is 0 Å². The molecule has 2 rings (SSSR count). The number of rotatable bonds is 4. The van der Waals surface area contributed by atoms with Gasteiger partial charge in [-0.2, -0.15) is 0 Å². The fourth-order valence-electron chi connectivity index (χ4n) is 3.35. The second-order valence-electron chi connectivity index (χ2n) is 7.11. The summed E-state index contributed by atoms with van der Waals surface area (Å²) in [6, 6.07) is 0. The zero-order valence-electron chi connectivity index (χ0n) is 13.4. The number of hydrogen-bond acceptors (Lipinski definition) is 3. The fraction of sp³-hybridized carbons (Fsp3) is 0.875. The van der Waals surface area contributed by atoms with Crippen molar-refractivity contribution in [2.24, 2.45) is 11.7 Å². The maximum absolute atomic E-state index is 12.4. The Morgan fingerprint density at radius 2 is 1.48 bits per heavy atom. The van der Waals surface area contributed by atoms with Crippen molar-refractivity contribution in [1.82, 2.24) is 9.80 Å². The first kappa shape index (κ1) is 16.3. The Hall–Kier alpha value is -1.10. The Labute approximate surface area is 127 Å². The summed E-state index contributed by atoms with van der Waals surface area (Å²) >= 11 is 0. The predicted molar refractivity (Wildman–Crippen MR) is 82.6 cm³/mol. The molecule has 1 saturated heterocycles. The minimum absolute atomic E-state index is 0.162. The van der Waals surface area contributed by atoms with Crippen LogP contribution in [0.25, 0.3) is 0 Å². The first-order valence-electron chi connectivity index (χ1n) is 8.24. The largest absolute Gasteiger partial charge is 0.339 e. The van der Waals surface area contributed by atoms with E-state index in [9.17, 15) is 9.59 Å². The van der Waals surface area contributed by atoms with Gasteiger partial charge < -0.3 is 15.5 Å². The van der Waals surface area contributed by atoms with E-state index < -0.39 is 0 Å². The summed E-state index contributed by atoms with van der Waals surface area (Å²) in [5, 5.41) is 0. The van der Waals surface area contributed by atoms with Crippen LogP contribution in [0.1, 0.15) is 52.4 Å². The molecule has 5 nitrogen and oxygen atoms in total. The highest BCUT2D eigenvalue weighted by Gasteiger charge is 2.34. The lowest BCUT2D eigenvalue weighted by Crippen LogP contribution is -2.52. The zero-order valence-corrected chi connectivity index (χ0v) is 13.4. The van der Waals surface area contributed by atoms with Crippen LogP contribution in [0, 0.1) is 5.92 Å². The molecule has 0 aromatic rings. The van der Waals surface area contributed by atoms with Gasteiger partial charge in [-0.05, 0) is 18.8 Å². The zero-order chi connectivity index (χ0) is 15.5. The van der Waals surface area contributed by atoms with Gasteiger partial charge in [0.2, 0.25) is 11.8 Å². The van der Waals surface area contributed by atoms with Crippen molar-refractivity contribution in [3.63, 3.8) is 0 Å². The Morgan fingerprint density at radius 3 is 1.95 bits per heavy atom. The summed E-state index contributed by atoms with van der Waals surface area (Å²) in [5.74, 6) is 0.759. The van der Waals surface area contributed by atoms with Gasteiger partial charge in [-0.1, -0.05) is 26.7 Å². The molecule has 2 aliphatic rings. The van der Waals surface area contributed by atoms with Crippen LogP contribution < -0.4 is 5.73 Å². The average Bonchev–Trinajstić information content (AvgIpc) is 2.84. The fourth-order valence-corrected chi connectivity index (χ4v) is 3.35. The predicted octanol–water partition coefficient (Wildman–Crippen LogP) is 1.36. The Kier molecular flexibility index (Phi) is 5.25. The van der Waals surface area contributed by atoms with Gasteiger partial charge in [-0.15, -0.1) is 0 Å². The monoisotopic (exact) mass is 295 g/mol. The van der Waals surface area contributed by atoms with Crippen molar-refractivity contribution < 1.29 is 9.59 Å². The molecule has 0 aromatic carbocycles. The minimum atomic E-state index is -0.276. The van der Waals surface area contributed by atoms with E-state index in [1.165, 1.54) is 0 Å². The highest BCUT2D eigenvalue weighted by atomic mass is 16.2. The molecule has 1 saturated carbocycles. The third-order valence-electron chi connectivity index (χ3n) is 4.67. The molecule has 0 aromatic heterocycles. The van der Waals surface area contributed by atoms with E-state index in [2.05, 4.69) is 13.8 Å². The summed E-state index contributed by atoms with van der Waals surface area (Å²) in [6.45, 7) is 6.74. The third kappa shape index (κ3) is 4.43. The summed E-state index contributed by atoms with van der Waals surface area (Å²) in [6.07, 6.45) is 5.27. The number of carbonyl (C=O) groups is 2. The number of carbonyl (C=O) groups excluding carboxylic acids is 2. The van der Waals surface area contributed by atoms with Crippen molar-refractivity contribution in [3.05, 3.63) is 0 Å². The molecule has 0 atom stereocenters. The normalized spacial score (nSPS) is 21.9. The van der Waals surface area contributed by atoms with Crippen molar-refractivity contribution in [2.75, 3.05) is 26.2 Å². The van der Waals surface area contributed by atoms with Gasteiger partial charge in [0.1, 0.15) is 0 Å². The molecule has 0 bridgehead atoms. The second-order valence-corrected chi connectivity index (χ2v) is 7.11. The number of piperazine rings is 1. The lowest BCUT2D eigenvalue weighted by atomic mass is 9.94. The van der Waals surface area contributed by atoms with Crippen molar-refractivity contribution in [2.45, 2.75) is 57.9 Å². The average molecular weight is 295 g/mol.